The topological polar surface area (TPSA) is 106 Å². The van der Waals surface area contributed by atoms with Crippen molar-refractivity contribution in [2.75, 3.05) is 29.9 Å². The lowest BCUT2D eigenvalue weighted by Crippen LogP contribution is -2.39. The number of anilines is 2. The first-order valence-electron chi connectivity index (χ1n) is 11.4. The first kappa shape index (κ1) is 24.4. The van der Waals surface area contributed by atoms with E-state index < -0.39 is 11.6 Å². The number of nitrogens with zero attached hydrogens (tertiary/aromatic N) is 3. The van der Waals surface area contributed by atoms with E-state index >= 15 is 0 Å². The van der Waals surface area contributed by atoms with E-state index in [0.717, 1.165) is 31.6 Å². The van der Waals surface area contributed by atoms with Crippen LogP contribution in [0.3, 0.4) is 0 Å². The third-order valence-corrected chi connectivity index (χ3v) is 5.12. The number of piperidine rings is 1. The highest BCUT2D eigenvalue weighted by Crippen LogP contribution is 2.22. The van der Waals surface area contributed by atoms with Crippen molar-refractivity contribution in [3.8, 4) is 0 Å². The molecule has 2 heterocycles. The molecule has 0 saturated carbocycles. The Hall–Kier alpha value is -3.20. The Bertz CT molecular complexity index is 891. The second-order valence-corrected chi connectivity index (χ2v) is 9.04. The first-order valence-corrected chi connectivity index (χ1v) is 11.4. The third kappa shape index (κ3) is 8.34. The quantitative estimate of drug-likeness (QED) is 0.337. The Kier molecular flexibility index (Phi) is 8.59. The number of carbonyl (C=O) groups excluding carboxylic acids is 2. The molecule has 0 atom stereocenters. The van der Waals surface area contributed by atoms with Gasteiger partial charge in [-0.1, -0.05) is 0 Å². The summed E-state index contributed by atoms with van der Waals surface area (Å²) < 4.78 is 0. The molecule has 33 heavy (non-hydrogen) atoms. The molecule has 0 spiro atoms. The summed E-state index contributed by atoms with van der Waals surface area (Å²) in [6, 6.07) is 9.77. The van der Waals surface area contributed by atoms with Crippen molar-refractivity contribution in [2.24, 2.45) is 0 Å². The molecule has 0 bridgehead atoms. The SMILES string of the molecule is CC(C)(C)OOC(=O)CCCNC(=O)c1ccc(N2CCC(Nc3ncccn3)CC2)cc1. The van der Waals surface area contributed by atoms with Crippen molar-refractivity contribution in [3.63, 3.8) is 0 Å². The summed E-state index contributed by atoms with van der Waals surface area (Å²) >= 11 is 0. The van der Waals surface area contributed by atoms with Crippen LogP contribution in [0.4, 0.5) is 11.6 Å². The first-order chi connectivity index (χ1) is 15.8. The van der Waals surface area contributed by atoms with Gasteiger partial charge in [0.25, 0.3) is 5.91 Å². The number of amides is 1. The second-order valence-electron chi connectivity index (χ2n) is 9.04. The minimum atomic E-state index is -0.542. The van der Waals surface area contributed by atoms with Gasteiger partial charge in [0, 0.05) is 49.3 Å². The van der Waals surface area contributed by atoms with E-state index in [1.807, 2.05) is 24.3 Å². The van der Waals surface area contributed by atoms with Crippen molar-refractivity contribution in [1.82, 2.24) is 15.3 Å². The number of benzene rings is 1. The fraction of sp³-hybridized carbons (Fsp3) is 0.500. The maximum atomic E-state index is 12.4. The highest BCUT2D eigenvalue weighted by molar-refractivity contribution is 5.94. The zero-order chi connectivity index (χ0) is 23.7. The van der Waals surface area contributed by atoms with Crippen molar-refractivity contribution < 1.29 is 19.4 Å². The van der Waals surface area contributed by atoms with Gasteiger partial charge >= 0.3 is 5.97 Å². The highest BCUT2D eigenvalue weighted by Gasteiger charge is 2.20. The van der Waals surface area contributed by atoms with Crippen LogP contribution >= 0.6 is 0 Å². The van der Waals surface area contributed by atoms with E-state index in [1.54, 1.807) is 39.2 Å². The molecular formula is C24H33N5O4. The van der Waals surface area contributed by atoms with Crippen molar-refractivity contribution in [2.45, 2.75) is 58.1 Å². The molecule has 1 amide bonds. The van der Waals surface area contributed by atoms with Gasteiger partial charge in [-0.15, -0.1) is 0 Å². The van der Waals surface area contributed by atoms with Crippen LogP contribution in [0.2, 0.25) is 0 Å². The van der Waals surface area contributed by atoms with Gasteiger partial charge in [0.05, 0.1) is 6.42 Å². The minimum absolute atomic E-state index is 0.161. The predicted molar refractivity (Wildman–Crippen MR) is 126 cm³/mol. The van der Waals surface area contributed by atoms with Crippen LogP contribution in [0.5, 0.6) is 0 Å². The average molecular weight is 456 g/mol. The van der Waals surface area contributed by atoms with Crippen molar-refractivity contribution >= 4 is 23.5 Å². The number of nitrogens with one attached hydrogen (secondary N) is 2. The molecule has 1 aromatic heterocycles. The van der Waals surface area contributed by atoms with Crippen molar-refractivity contribution in [1.29, 1.82) is 0 Å². The molecule has 1 aliphatic heterocycles. The van der Waals surface area contributed by atoms with Crippen LogP contribution < -0.4 is 15.5 Å². The van der Waals surface area contributed by atoms with Crippen LogP contribution in [-0.4, -0.2) is 53.1 Å². The summed E-state index contributed by atoms with van der Waals surface area (Å²) in [6.45, 7) is 7.62. The highest BCUT2D eigenvalue weighted by atomic mass is 17.2. The van der Waals surface area contributed by atoms with E-state index in [1.165, 1.54) is 0 Å². The molecule has 1 fully saturated rings. The van der Waals surface area contributed by atoms with Gasteiger partial charge < -0.3 is 15.5 Å². The maximum absolute atomic E-state index is 12.4. The molecule has 178 valence electrons. The molecule has 2 N–H and O–H groups in total. The van der Waals surface area contributed by atoms with Crippen LogP contribution in [0.25, 0.3) is 0 Å². The lowest BCUT2D eigenvalue weighted by atomic mass is 10.0. The Balaban J connectivity index is 1.36. The van der Waals surface area contributed by atoms with Crippen LogP contribution in [0.15, 0.2) is 42.7 Å². The smallest absolute Gasteiger partial charge is 0.342 e. The average Bonchev–Trinajstić information content (AvgIpc) is 2.81. The molecule has 0 unspecified atom stereocenters. The van der Waals surface area contributed by atoms with Crippen LogP contribution in [0.1, 0.15) is 56.8 Å². The van der Waals surface area contributed by atoms with Gasteiger partial charge in [0.15, 0.2) is 0 Å². The summed E-state index contributed by atoms with van der Waals surface area (Å²) in [5.74, 6) is 0.0619. The molecular weight excluding hydrogens is 422 g/mol. The Morgan fingerprint density at radius 2 is 1.76 bits per heavy atom. The fourth-order valence-corrected chi connectivity index (χ4v) is 3.41. The molecule has 0 radical (unpaired) electrons. The lowest BCUT2D eigenvalue weighted by Gasteiger charge is -2.34. The molecule has 3 rings (SSSR count). The monoisotopic (exact) mass is 455 g/mol. The van der Waals surface area contributed by atoms with Crippen LogP contribution in [-0.2, 0) is 14.6 Å². The maximum Gasteiger partial charge on any atom is 0.342 e. The summed E-state index contributed by atoms with van der Waals surface area (Å²) in [5.41, 5.74) is 1.15. The molecule has 1 saturated heterocycles. The number of hydrogen-bond donors (Lipinski definition) is 2. The molecule has 9 nitrogen and oxygen atoms in total. The minimum Gasteiger partial charge on any atom is -0.371 e. The summed E-state index contributed by atoms with van der Waals surface area (Å²) in [6.07, 6.45) is 6.11. The Labute approximate surface area is 194 Å². The summed E-state index contributed by atoms with van der Waals surface area (Å²) in [7, 11) is 0. The molecule has 1 aliphatic rings. The zero-order valence-electron chi connectivity index (χ0n) is 19.5. The van der Waals surface area contributed by atoms with E-state index in [-0.39, 0.29) is 12.3 Å². The van der Waals surface area contributed by atoms with Gasteiger partial charge in [0.2, 0.25) is 5.95 Å². The number of aromatic nitrogens is 2. The zero-order valence-corrected chi connectivity index (χ0v) is 19.5. The van der Waals surface area contributed by atoms with E-state index in [4.69, 9.17) is 9.78 Å². The molecule has 0 aliphatic carbocycles. The largest absolute Gasteiger partial charge is 0.371 e. The number of carbonyl (C=O) groups is 2. The lowest BCUT2D eigenvalue weighted by molar-refractivity contribution is -0.320. The predicted octanol–water partition coefficient (Wildman–Crippen LogP) is 3.34. The molecule has 9 heteroatoms. The Morgan fingerprint density at radius 1 is 1.09 bits per heavy atom. The van der Waals surface area contributed by atoms with Crippen LogP contribution in [0, 0.1) is 0 Å². The molecule has 1 aromatic carbocycles. The fourth-order valence-electron chi connectivity index (χ4n) is 3.41. The van der Waals surface area contributed by atoms with Gasteiger partial charge in [-0.2, -0.15) is 4.89 Å². The second kappa shape index (κ2) is 11.6. The third-order valence-electron chi connectivity index (χ3n) is 5.12. The Morgan fingerprint density at radius 3 is 2.39 bits per heavy atom. The van der Waals surface area contributed by atoms with Gasteiger partial charge in [-0.25, -0.2) is 14.8 Å². The van der Waals surface area contributed by atoms with Gasteiger partial charge in [-0.05, 0) is 70.4 Å². The van der Waals surface area contributed by atoms with Gasteiger partial charge in [-0.3, -0.25) is 9.68 Å². The normalized spacial score (nSPS) is 14.6. The number of rotatable bonds is 9. The van der Waals surface area contributed by atoms with E-state index in [9.17, 15) is 9.59 Å². The van der Waals surface area contributed by atoms with E-state index in [0.29, 0.717) is 30.5 Å². The summed E-state index contributed by atoms with van der Waals surface area (Å²) in [4.78, 5) is 44.5. The summed E-state index contributed by atoms with van der Waals surface area (Å²) in [5, 5.41) is 6.22. The van der Waals surface area contributed by atoms with Gasteiger partial charge in [0.1, 0.15) is 5.60 Å². The van der Waals surface area contributed by atoms with E-state index in [2.05, 4.69) is 25.5 Å². The number of hydrogen-bond acceptors (Lipinski definition) is 8. The standard InChI is InChI=1S/C24H33N5O4/c1-24(2,3)33-32-21(30)6-4-13-25-22(31)18-7-9-20(10-8-18)29-16-11-19(12-17-29)28-23-26-14-5-15-27-23/h5,7-10,14-15,19H,4,6,11-13,16-17H2,1-3H3,(H,25,31)(H,26,27,28). The molecule has 2 aromatic rings. The van der Waals surface area contributed by atoms with Crippen molar-refractivity contribution in [3.05, 3.63) is 48.3 Å².